The van der Waals surface area contributed by atoms with Crippen LogP contribution < -0.4 is 20.1 Å². The zero-order chi connectivity index (χ0) is 26.5. The number of nitrogens with one attached hydrogen (secondary N) is 2. The number of nitrogens with zero attached hydrogens (tertiary/aromatic N) is 2. The topological polar surface area (TPSA) is 127 Å². The summed E-state index contributed by atoms with van der Waals surface area (Å²) in [6.45, 7) is 3.58. The van der Waals surface area contributed by atoms with E-state index >= 15 is 0 Å². The lowest BCUT2D eigenvalue weighted by molar-refractivity contribution is -0.135. The van der Waals surface area contributed by atoms with Gasteiger partial charge in [-0.05, 0) is 44.4 Å². The first-order valence-electron chi connectivity index (χ1n) is 12.2. The number of likely N-dealkylation sites (N-methyl/N-ethyl adjacent to an activating group) is 1. The van der Waals surface area contributed by atoms with Crippen molar-refractivity contribution in [1.82, 2.24) is 20.4 Å². The van der Waals surface area contributed by atoms with Crippen molar-refractivity contribution in [3.63, 3.8) is 0 Å². The number of benzene rings is 1. The highest BCUT2D eigenvalue weighted by atomic mass is 16.5. The van der Waals surface area contributed by atoms with Gasteiger partial charge in [0.25, 0.3) is 11.8 Å². The lowest BCUT2D eigenvalue weighted by Crippen LogP contribution is -2.47. The third-order valence-electron chi connectivity index (χ3n) is 5.84. The van der Waals surface area contributed by atoms with E-state index in [0.29, 0.717) is 69.1 Å². The molecule has 0 saturated carbocycles. The molecule has 1 aromatic rings. The van der Waals surface area contributed by atoms with Gasteiger partial charge in [-0.25, -0.2) is 0 Å². The van der Waals surface area contributed by atoms with Crippen LogP contribution in [0.2, 0.25) is 0 Å². The van der Waals surface area contributed by atoms with Crippen LogP contribution in [0.1, 0.15) is 43.0 Å². The normalized spacial score (nSPS) is 19.1. The van der Waals surface area contributed by atoms with Gasteiger partial charge in [0.05, 0.1) is 20.1 Å². The van der Waals surface area contributed by atoms with Crippen LogP contribution in [-0.2, 0) is 19.1 Å². The largest absolute Gasteiger partial charge is 0.493 e. The number of hydrogen-bond acceptors (Lipinski definition) is 7. The van der Waals surface area contributed by atoms with Crippen molar-refractivity contribution in [3.05, 3.63) is 23.8 Å². The average molecular weight is 507 g/mol. The average Bonchev–Trinajstić information content (AvgIpc) is 2.87. The van der Waals surface area contributed by atoms with Gasteiger partial charge in [0.1, 0.15) is 6.04 Å². The van der Waals surface area contributed by atoms with Gasteiger partial charge in [0.15, 0.2) is 18.1 Å². The zero-order valence-electron chi connectivity index (χ0n) is 21.6. The van der Waals surface area contributed by atoms with E-state index in [2.05, 4.69) is 10.6 Å². The Morgan fingerprint density at radius 2 is 1.83 bits per heavy atom. The second kappa shape index (κ2) is 14.9. The predicted octanol–water partition coefficient (Wildman–Crippen LogP) is 0.816. The van der Waals surface area contributed by atoms with Crippen molar-refractivity contribution >= 4 is 23.6 Å². The Bertz CT molecular complexity index is 908. The molecule has 200 valence electrons. The molecule has 2 aliphatic rings. The van der Waals surface area contributed by atoms with Gasteiger partial charge in [-0.2, -0.15) is 0 Å². The molecule has 0 aromatic heterocycles. The van der Waals surface area contributed by atoms with Crippen LogP contribution in [0.4, 0.5) is 0 Å². The molecule has 1 aromatic carbocycles. The maximum absolute atomic E-state index is 12.7. The number of ether oxygens (including phenoxy) is 3. The minimum Gasteiger partial charge on any atom is -0.493 e. The van der Waals surface area contributed by atoms with E-state index in [-0.39, 0.29) is 30.7 Å². The third kappa shape index (κ3) is 9.03. The zero-order valence-corrected chi connectivity index (χ0v) is 21.6. The summed E-state index contributed by atoms with van der Waals surface area (Å²) < 4.78 is 15.9. The molecule has 11 nitrogen and oxygen atoms in total. The Morgan fingerprint density at radius 1 is 1.11 bits per heavy atom. The molecule has 2 N–H and O–H groups in total. The van der Waals surface area contributed by atoms with Crippen LogP contribution in [0.3, 0.4) is 0 Å². The molecule has 2 bridgehead atoms. The fourth-order valence-corrected chi connectivity index (χ4v) is 3.79. The second-order valence-corrected chi connectivity index (χ2v) is 8.64. The SMILES string of the molecule is COCCC(=O)N1CCCCN(C)C(=O)[C@H](C)NC(=O)COc2ccc(cc2OC)C(=O)NCCC1. The second-order valence-electron chi connectivity index (χ2n) is 8.64. The molecule has 1 atom stereocenters. The van der Waals surface area contributed by atoms with E-state index < -0.39 is 11.9 Å². The Balaban J connectivity index is 2.16. The van der Waals surface area contributed by atoms with Crippen molar-refractivity contribution in [2.24, 2.45) is 0 Å². The molecule has 2 aliphatic heterocycles. The monoisotopic (exact) mass is 506 g/mol. The van der Waals surface area contributed by atoms with Crippen molar-refractivity contribution in [2.45, 2.75) is 38.6 Å². The van der Waals surface area contributed by atoms with Crippen LogP contribution in [0.25, 0.3) is 0 Å². The molecule has 11 heteroatoms. The number of hydrogen-bond donors (Lipinski definition) is 2. The molecular formula is C25H38N4O7. The minimum atomic E-state index is -0.722. The third-order valence-corrected chi connectivity index (χ3v) is 5.84. The predicted molar refractivity (Wildman–Crippen MR) is 133 cm³/mol. The first-order valence-corrected chi connectivity index (χ1v) is 12.2. The van der Waals surface area contributed by atoms with Crippen LogP contribution in [0, 0.1) is 0 Å². The molecule has 0 fully saturated rings. The minimum absolute atomic E-state index is 0.0114. The number of rotatable bonds is 4. The maximum Gasteiger partial charge on any atom is 0.258 e. The highest BCUT2D eigenvalue weighted by Crippen LogP contribution is 2.28. The van der Waals surface area contributed by atoms with Gasteiger partial charge in [0.2, 0.25) is 11.8 Å². The van der Waals surface area contributed by atoms with Crippen LogP contribution in [0.15, 0.2) is 18.2 Å². The molecule has 0 radical (unpaired) electrons. The van der Waals surface area contributed by atoms with E-state index in [1.807, 2.05) is 0 Å². The first kappa shape index (κ1) is 28.9. The van der Waals surface area contributed by atoms with Gasteiger partial charge < -0.3 is 34.6 Å². The molecule has 0 aliphatic carbocycles. The lowest BCUT2D eigenvalue weighted by Gasteiger charge is -2.25. The Hall–Kier alpha value is -3.34. The summed E-state index contributed by atoms with van der Waals surface area (Å²) in [5, 5.41) is 5.50. The Morgan fingerprint density at radius 3 is 2.56 bits per heavy atom. The van der Waals surface area contributed by atoms with E-state index in [1.54, 1.807) is 43.0 Å². The highest BCUT2D eigenvalue weighted by Gasteiger charge is 2.21. The summed E-state index contributed by atoms with van der Waals surface area (Å²) in [7, 11) is 4.68. The van der Waals surface area contributed by atoms with Crippen molar-refractivity contribution in [3.8, 4) is 11.5 Å². The van der Waals surface area contributed by atoms with Crippen LogP contribution >= 0.6 is 0 Å². The number of methoxy groups -OCH3 is 2. The van der Waals surface area contributed by atoms with Gasteiger partial charge >= 0.3 is 0 Å². The summed E-state index contributed by atoms with van der Waals surface area (Å²) >= 11 is 0. The summed E-state index contributed by atoms with van der Waals surface area (Å²) in [4.78, 5) is 53.6. The summed E-state index contributed by atoms with van der Waals surface area (Å²) in [5.74, 6) is -0.353. The van der Waals surface area contributed by atoms with Crippen molar-refractivity contribution in [1.29, 1.82) is 0 Å². The summed E-state index contributed by atoms with van der Waals surface area (Å²) in [6.07, 6.45) is 2.28. The van der Waals surface area contributed by atoms with E-state index in [0.717, 1.165) is 0 Å². The maximum atomic E-state index is 12.7. The molecule has 0 unspecified atom stereocenters. The molecular weight excluding hydrogens is 468 g/mol. The molecule has 0 saturated heterocycles. The summed E-state index contributed by atoms with van der Waals surface area (Å²) in [6, 6.07) is 3.95. The number of amides is 4. The van der Waals surface area contributed by atoms with Gasteiger partial charge in [0, 0.05) is 45.9 Å². The molecule has 2 heterocycles. The lowest BCUT2D eigenvalue weighted by atomic mass is 10.2. The summed E-state index contributed by atoms with van der Waals surface area (Å²) in [5.41, 5.74) is 0.379. The van der Waals surface area contributed by atoms with E-state index in [1.165, 1.54) is 13.2 Å². The first-order chi connectivity index (χ1) is 17.3. The van der Waals surface area contributed by atoms with E-state index in [4.69, 9.17) is 14.2 Å². The highest BCUT2D eigenvalue weighted by molar-refractivity contribution is 5.95. The molecule has 0 spiro atoms. The number of fused-ring (bicyclic) bond motifs is 18. The van der Waals surface area contributed by atoms with Gasteiger partial charge in [-0.15, -0.1) is 0 Å². The van der Waals surface area contributed by atoms with Gasteiger partial charge in [-0.1, -0.05) is 0 Å². The van der Waals surface area contributed by atoms with E-state index in [9.17, 15) is 19.2 Å². The number of carbonyl (C=O) groups is 4. The standard InChI is InChI=1S/C25H38N4O7/c1-18-25(33)28(2)12-5-6-13-29(23(31)10-15-34-3)14-7-11-26-24(32)19-8-9-20(21(16-19)35-4)36-17-22(30)27-18/h8-9,16,18H,5-7,10-15,17H2,1-4H3,(H,26,32)(H,27,30)/t18-/m0/s1. The quantitative estimate of drug-likeness (QED) is 0.579. The Kier molecular flexibility index (Phi) is 12.0. The smallest absolute Gasteiger partial charge is 0.258 e. The van der Waals surface area contributed by atoms with Crippen LogP contribution in [0.5, 0.6) is 11.5 Å². The fourth-order valence-electron chi connectivity index (χ4n) is 3.79. The molecule has 36 heavy (non-hydrogen) atoms. The van der Waals surface area contributed by atoms with Gasteiger partial charge in [-0.3, -0.25) is 19.2 Å². The fraction of sp³-hybridized carbons (Fsp3) is 0.600. The Labute approximate surface area is 212 Å². The van der Waals surface area contributed by atoms with Crippen LogP contribution in [-0.4, -0.2) is 100 Å². The molecule has 4 amide bonds. The van der Waals surface area contributed by atoms with Crippen molar-refractivity contribution < 1.29 is 33.4 Å². The van der Waals surface area contributed by atoms with Crippen molar-refractivity contribution in [2.75, 3.05) is 60.7 Å². The number of carbonyl (C=O) groups excluding carboxylic acids is 4. The molecule has 3 rings (SSSR count).